The molecule has 1 fully saturated rings. The van der Waals surface area contributed by atoms with Gasteiger partial charge in [-0.2, -0.15) is 5.26 Å². The van der Waals surface area contributed by atoms with E-state index in [9.17, 15) is 0 Å². The molecule has 0 saturated carbocycles. The van der Waals surface area contributed by atoms with Crippen LogP contribution in [-0.4, -0.2) is 6.04 Å². The molecule has 2 nitrogen and oxygen atoms in total. The molecule has 17 heavy (non-hydrogen) atoms. The van der Waals surface area contributed by atoms with Crippen LogP contribution in [0.5, 0.6) is 0 Å². The first-order valence-corrected chi connectivity index (χ1v) is 6.33. The molecule has 1 aromatic carbocycles. The van der Waals surface area contributed by atoms with Crippen LogP contribution in [0.3, 0.4) is 0 Å². The number of nitrogens with one attached hydrogen (secondary N) is 1. The summed E-state index contributed by atoms with van der Waals surface area (Å²) in [5.41, 5.74) is 0.904. The zero-order valence-corrected chi connectivity index (χ0v) is 11.0. The SMILES string of the molecule is CC(C)(C#N)[C@H]1CC[C@@H](c2cccc(Cl)c2)N1. The number of nitrogens with zero attached hydrogens (tertiary/aromatic N) is 1. The maximum Gasteiger partial charge on any atom is 0.0700 e. The average Bonchev–Trinajstić information content (AvgIpc) is 2.79. The lowest BCUT2D eigenvalue weighted by molar-refractivity contribution is 0.341. The largest absolute Gasteiger partial charge is 0.306 e. The molecule has 1 aromatic rings. The molecule has 0 spiro atoms. The molecular formula is C14H17ClN2. The first kappa shape index (κ1) is 12.4. The Bertz CT molecular complexity index is 448. The van der Waals surface area contributed by atoms with Crippen molar-refractivity contribution in [2.75, 3.05) is 0 Å². The summed E-state index contributed by atoms with van der Waals surface area (Å²) in [6.45, 7) is 3.98. The number of nitriles is 1. The Hall–Kier alpha value is -1.04. The van der Waals surface area contributed by atoms with Gasteiger partial charge in [-0.05, 0) is 44.4 Å². The van der Waals surface area contributed by atoms with Crippen LogP contribution in [0.1, 0.15) is 38.3 Å². The molecular weight excluding hydrogens is 232 g/mol. The van der Waals surface area contributed by atoms with Gasteiger partial charge in [0.15, 0.2) is 0 Å². The summed E-state index contributed by atoms with van der Waals surface area (Å²) in [4.78, 5) is 0. The molecule has 1 N–H and O–H groups in total. The maximum absolute atomic E-state index is 9.14. The summed E-state index contributed by atoms with van der Waals surface area (Å²) in [5.74, 6) is 0. The molecule has 1 aliphatic heterocycles. The zero-order valence-electron chi connectivity index (χ0n) is 10.2. The van der Waals surface area contributed by atoms with Gasteiger partial charge in [-0.15, -0.1) is 0 Å². The predicted molar refractivity (Wildman–Crippen MR) is 69.7 cm³/mol. The molecule has 3 heteroatoms. The third-order valence-electron chi connectivity index (χ3n) is 3.56. The lowest BCUT2D eigenvalue weighted by atomic mass is 9.85. The lowest BCUT2D eigenvalue weighted by Gasteiger charge is -2.25. The van der Waals surface area contributed by atoms with Crippen molar-refractivity contribution in [1.29, 1.82) is 5.26 Å². The van der Waals surface area contributed by atoms with E-state index in [1.807, 2.05) is 32.0 Å². The van der Waals surface area contributed by atoms with Crippen LogP contribution in [-0.2, 0) is 0 Å². The van der Waals surface area contributed by atoms with Crippen LogP contribution in [0.2, 0.25) is 5.02 Å². The van der Waals surface area contributed by atoms with E-state index in [0.717, 1.165) is 17.9 Å². The Balaban J connectivity index is 2.11. The maximum atomic E-state index is 9.14. The van der Waals surface area contributed by atoms with Gasteiger partial charge in [0.2, 0.25) is 0 Å². The normalized spacial score (nSPS) is 24.6. The number of hydrogen-bond donors (Lipinski definition) is 1. The van der Waals surface area contributed by atoms with Gasteiger partial charge >= 0.3 is 0 Å². The number of benzene rings is 1. The molecule has 2 rings (SSSR count). The van der Waals surface area contributed by atoms with Gasteiger partial charge in [-0.25, -0.2) is 0 Å². The van der Waals surface area contributed by atoms with E-state index in [2.05, 4.69) is 17.5 Å². The minimum absolute atomic E-state index is 0.261. The highest BCUT2D eigenvalue weighted by Crippen LogP contribution is 2.35. The lowest BCUT2D eigenvalue weighted by Crippen LogP contribution is -2.37. The Kier molecular flexibility index (Phi) is 3.42. The van der Waals surface area contributed by atoms with Crippen molar-refractivity contribution in [3.05, 3.63) is 34.9 Å². The second-order valence-corrected chi connectivity index (χ2v) is 5.67. The molecule has 0 amide bonds. The second-order valence-electron chi connectivity index (χ2n) is 5.24. The van der Waals surface area contributed by atoms with E-state index < -0.39 is 0 Å². The monoisotopic (exact) mass is 248 g/mol. The highest BCUT2D eigenvalue weighted by atomic mass is 35.5. The fraction of sp³-hybridized carbons (Fsp3) is 0.500. The Morgan fingerprint density at radius 2 is 2.18 bits per heavy atom. The summed E-state index contributed by atoms with van der Waals surface area (Å²) >= 11 is 6.00. The van der Waals surface area contributed by atoms with Gasteiger partial charge in [0.25, 0.3) is 0 Å². The van der Waals surface area contributed by atoms with Crippen molar-refractivity contribution in [3.8, 4) is 6.07 Å². The van der Waals surface area contributed by atoms with Crippen LogP contribution in [0.25, 0.3) is 0 Å². The Labute approximate surface area is 108 Å². The molecule has 0 radical (unpaired) electrons. The van der Waals surface area contributed by atoms with Crippen molar-refractivity contribution in [2.24, 2.45) is 5.41 Å². The third-order valence-corrected chi connectivity index (χ3v) is 3.79. The van der Waals surface area contributed by atoms with Crippen LogP contribution in [0.15, 0.2) is 24.3 Å². The van der Waals surface area contributed by atoms with Crippen LogP contribution in [0, 0.1) is 16.7 Å². The molecule has 1 heterocycles. The number of halogens is 1. The number of hydrogen-bond acceptors (Lipinski definition) is 2. The molecule has 1 saturated heterocycles. The van der Waals surface area contributed by atoms with Crippen molar-refractivity contribution in [1.82, 2.24) is 5.32 Å². The standard InChI is InChI=1S/C14H17ClN2/c1-14(2,9-16)13-7-6-12(17-13)10-4-3-5-11(15)8-10/h3-5,8,12-13,17H,6-7H2,1-2H3/t12-,13+/m0/s1. The smallest absolute Gasteiger partial charge is 0.0700 e. The molecule has 2 atom stereocenters. The fourth-order valence-corrected chi connectivity index (χ4v) is 2.57. The van der Waals surface area contributed by atoms with Gasteiger partial charge in [-0.1, -0.05) is 23.7 Å². The molecule has 90 valence electrons. The van der Waals surface area contributed by atoms with E-state index in [1.54, 1.807) is 0 Å². The highest BCUT2D eigenvalue weighted by Gasteiger charge is 2.36. The molecule has 0 aliphatic carbocycles. The van der Waals surface area contributed by atoms with Crippen LogP contribution in [0.4, 0.5) is 0 Å². The number of rotatable bonds is 2. The van der Waals surface area contributed by atoms with Crippen molar-refractivity contribution in [3.63, 3.8) is 0 Å². The minimum atomic E-state index is -0.312. The summed E-state index contributed by atoms with van der Waals surface area (Å²) in [7, 11) is 0. The summed E-state index contributed by atoms with van der Waals surface area (Å²) in [6.07, 6.45) is 2.11. The van der Waals surface area contributed by atoms with Crippen LogP contribution >= 0.6 is 11.6 Å². The van der Waals surface area contributed by atoms with Gasteiger partial charge in [-0.3, -0.25) is 0 Å². The van der Waals surface area contributed by atoms with Crippen LogP contribution < -0.4 is 5.32 Å². The van der Waals surface area contributed by atoms with E-state index in [1.165, 1.54) is 5.56 Å². The van der Waals surface area contributed by atoms with Gasteiger partial charge in [0.05, 0.1) is 11.5 Å². The molecule has 0 bridgehead atoms. The first-order chi connectivity index (χ1) is 8.03. The molecule has 1 aliphatic rings. The van der Waals surface area contributed by atoms with E-state index >= 15 is 0 Å². The second kappa shape index (κ2) is 4.68. The van der Waals surface area contributed by atoms with Gasteiger partial charge in [0, 0.05) is 17.1 Å². The van der Waals surface area contributed by atoms with E-state index in [4.69, 9.17) is 16.9 Å². The summed E-state index contributed by atoms with van der Waals surface area (Å²) in [5, 5.41) is 13.5. The van der Waals surface area contributed by atoms with E-state index in [0.29, 0.717) is 6.04 Å². The van der Waals surface area contributed by atoms with Crippen molar-refractivity contribution >= 4 is 11.6 Å². The third kappa shape index (κ3) is 2.62. The zero-order chi connectivity index (χ0) is 12.5. The average molecular weight is 249 g/mol. The molecule has 0 aromatic heterocycles. The fourth-order valence-electron chi connectivity index (χ4n) is 2.38. The highest BCUT2D eigenvalue weighted by molar-refractivity contribution is 6.30. The predicted octanol–water partition coefficient (Wildman–Crippen LogP) is 3.68. The van der Waals surface area contributed by atoms with Gasteiger partial charge < -0.3 is 5.32 Å². The molecule has 0 unspecified atom stereocenters. The Morgan fingerprint density at radius 3 is 2.82 bits per heavy atom. The van der Waals surface area contributed by atoms with E-state index in [-0.39, 0.29) is 11.5 Å². The minimum Gasteiger partial charge on any atom is -0.306 e. The first-order valence-electron chi connectivity index (χ1n) is 5.96. The van der Waals surface area contributed by atoms with Crippen molar-refractivity contribution in [2.45, 2.75) is 38.8 Å². The van der Waals surface area contributed by atoms with Crippen molar-refractivity contribution < 1.29 is 0 Å². The Morgan fingerprint density at radius 1 is 1.41 bits per heavy atom. The van der Waals surface area contributed by atoms with Gasteiger partial charge in [0.1, 0.15) is 0 Å². The topological polar surface area (TPSA) is 35.8 Å². The quantitative estimate of drug-likeness (QED) is 0.867. The summed E-state index contributed by atoms with van der Waals surface area (Å²) in [6, 6.07) is 10.9. The summed E-state index contributed by atoms with van der Waals surface area (Å²) < 4.78 is 0.